The number of carbonyl (C=O) groups excluding carboxylic acids is 1. The summed E-state index contributed by atoms with van der Waals surface area (Å²) in [6, 6.07) is 4.98. The first-order valence-corrected chi connectivity index (χ1v) is 6.67. The van der Waals surface area contributed by atoms with Crippen molar-refractivity contribution in [1.82, 2.24) is 9.97 Å². The number of phenols is 1. The zero-order valence-corrected chi connectivity index (χ0v) is 11.1. The van der Waals surface area contributed by atoms with E-state index in [9.17, 15) is 9.90 Å². The molecule has 0 fully saturated rings. The summed E-state index contributed by atoms with van der Waals surface area (Å²) >= 11 is 4.98. The van der Waals surface area contributed by atoms with Gasteiger partial charge in [-0.25, -0.2) is 0 Å². The highest BCUT2D eigenvalue weighted by Gasteiger charge is 2.27. The van der Waals surface area contributed by atoms with Crippen LogP contribution >= 0.6 is 12.2 Å². The number of ketones is 1. The number of imidazole rings is 1. The van der Waals surface area contributed by atoms with E-state index >= 15 is 0 Å². The van der Waals surface area contributed by atoms with Crippen molar-refractivity contribution < 1.29 is 9.90 Å². The van der Waals surface area contributed by atoms with E-state index in [-0.39, 0.29) is 17.5 Å². The van der Waals surface area contributed by atoms with Gasteiger partial charge < -0.3 is 15.1 Å². The molecular weight excluding hydrogens is 260 g/mol. The van der Waals surface area contributed by atoms with Crippen LogP contribution in [0.3, 0.4) is 0 Å². The summed E-state index contributed by atoms with van der Waals surface area (Å²) in [4.78, 5) is 18.4. The summed E-state index contributed by atoms with van der Waals surface area (Å²) in [5.41, 5.74) is 2.65. The number of aromatic hydroxyl groups is 1. The van der Waals surface area contributed by atoms with Gasteiger partial charge in [0.05, 0.1) is 0 Å². The van der Waals surface area contributed by atoms with Gasteiger partial charge in [0.25, 0.3) is 0 Å². The molecule has 19 heavy (non-hydrogen) atoms. The van der Waals surface area contributed by atoms with Crippen LogP contribution in [-0.2, 0) is 12.8 Å². The summed E-state index contributed by atoms with van der Waals surface area (Å²) in [6.07, 6.45) is 4.13. The van der Waals surface area contributed by atoms with E-state index in [1.807, 2.05) is 6.20 Å². The first-order valence-electron chi connectivity index (χ1n) is 6.26. The molecule has 3 N–H and O–H groups in total. The first-order chi connectivity index (χ1) is 9.13. The maximum Gasteiger partial charge on any atom is 0.174 e. The lowest BCUT2D eigenvalue weighted by molar-refractivity contribution is 0.0900. The molecule has 1 atom stereocenters. The van der Waals surface area contributed by atoms with Gasteiger partial charge in [-0.15, -0.1) is 0 Å². The molecule has 0 bridgehead atoms. The van der Waals surface area contributed by atoms with Crippen LogP contribution in [0, 0.1) is 10.7 Å². The number of hydrogen-bond donors (Lipinski definition) is 3. The average molecular weight is 274 g/mol. The third-order valence-electron chi connectivity index (χ3n) is 3.61. The summed E-state index contributed by atoms with van der Waals surface area (Å²) in [7, 11) is 0. The van der Waals surface area contributed by atoms with Gasteiger partial charge in [0.15, 0.2) is 10.6 Å². The first kappa shape index (κ1) is 12.2. The molecule has 1 aliphatic carbocycles. The van der Waals surface area contributed by atoms with Crippen molar-refractivity contribution in [3.63, 3.8) is 0 Å². The fourth-order valence-electron chi connectivity index (χ4n) is 2.65. The third kappa shape index (κ3) is 2.33. The van der Waals surface area contributed by atoms with Gasteiger partial charge >= 0.3 is 0 Å². The van der Waals surface area contributed by atoms with Gasteiger partial charge in [-0.05, 0) is 55.2 Å². The molecule has 1 aliphatic rings. The highest BCUT2D eigenvalue weighted by Crippen LogP contribution is 2.29. The van der Waals surface area contributed by atoms with Crippen molar-refractivity contribution in [3.05, 3.63) is 46.0 Å². The molecule has 1 aromatic heterocycles. The fraction of sp³-hybridized carbons (Fsp3) is 0.286. The number of phenolic OH excluding ortho intramolecular Hbond substituents is 1. The lowest BCUT2D eigenvalue weighted by Gasteiger charge is -2.22. The topological polar surface area (TPSA) is 68.9 Å². The normalized spacial score (nSPS) is 18.3. The maximum absolute atomic E-state index is 12.4. The van der Waals surface area contributed by atoms with Crippen LogP contribution in [0.15, 0.2) is 24.4 Å². The Balaban J connectivity index is 1.85. The van der Waals surface area contributed by atoms with Gasteiger partial charge in [0, 0.05) is 23.4 Å². The van der Waals surface area contributed by atoms with Crippen molar-refractivity contribution in [3.8, 4) is 5.75 Å². The largest absolute Gasteiger partial charge is 0.508 e. The molecule has 3 rings (SSSR count). The quantitative estimate of drug-likeness (QED) is 0.738. The van der Waals surface area contributed by atoms with Crippen LogP contribution in [-0.4, -0.2) is 20.9 Å². The molecule has 0 radical (unpaired) electrons. The molecule has 98 valence electrons. The summed E-state index contributed by atoms with van der Waals surface area (Å²) in [5, 5.41) is 9.45. The van der Waals surface area contributed by atoms with Crippen LogP contribution in [0.25, 0.3) is 0 Å². The van der Waals surface area contributed by atoms with E-state index < -0.39 is 0 Å². The summed E-state index contributed by atoms with van der Waals surface area (Å²) in [5.74, 6) is 0.361. The van der Waals surface area contributed by atoms with Crippen molar-refractivity contribution >= 4 is 18.0 Å². The standard InChI is InChI=1S/C14H14N2O2S/c17-11-3-4-12-8(6-11)1-2-9(13(12)18)5-10-7-15-14(19)16-10/h3-4,6-7,9,17H,1-2,5H2,(H2,15,16,19). The summed E-state index contributed by atoms with van der Waals surface area (Å²) in [6.45, 7) is 0. The molecule has 4 nitrogen and oxygen atoms in total. The Morgan fingerprint density at radius 3 is 3.00 bits per heavy atom. The minimum atomic E-state index is -0.0153. The van der Waals surface area contributed by atoms with Gasteiger partial charge in [0.1, 0.15) is 5.75 Å². The fourth-order valence-corrected chi connectivity index (χ4v) is 2.84. The second-order valence-electron chi connectivity index (χ2n) is 4.91. The number of aromatic nitrogens is 2. The van der Waals surface area contributed by atoms with Crippen LogP contribution in [0.4, 0.5) is 0 Å². The molecule has 0 saturated heterocycles. The van der Waals surface area contributed by atoms with E-state index in [2.05, 4.69) is 9.97 Å². The molecule has 1 aromatic carbocycles. The van der Waals surface area contributed by atoms with Crippen LogP contribution in [0.1, 0.15) is 28.0 Å². The number of Topliss-reactive ketones (excluding diaryl/α,β-unsaturated/α-hetero) is 1. The van der Waals surface area contributed by atoms with Gasteiger partial charge in [0.2, 0.25) is 0 Å². The minimum Gasteiger partial charge on any atom is -0.508 e. The molecule has 2 aromatic rings. The second-order valence-corrected chi connectivity index (χ2v) is 5.32. The average Bonchev–Trinajstić information content (AvgIpc) is 2.78. The van der Waals surface area contributed by atoms with Gasteiger partial charge in [-0.2, -0.15) is 0 Å². The van der Waals surface area contributed by atoms with E-state index in [0.717, 1.165) is 29.7 Å². The zero-order valence-electron chi connectivity index (χ0n) is 10.3. The van der Waals surface area contributed by atoms with E-state index in [1.54, 1.807) is 18.2 Å². The van der Waals surface area contributed by atoms with Gasteiger partial charge in [-0.3, -0.25) is 4.79 Å². The Morgan fingerprint density at radius 1 is 1.42 bits per heavy atom. The Hall–Kier alpha value is -1.88. The number of aryl methyl sites for hydroxylation is 1. The van der Waals surface area contributed by atoms with Crippen molar-refractivity contribution in [1.29, 1.82) is 0 Å². The molecule has 0 amide bonds. The Kier molecular flexibility index (Phi) is 2.98. The number of fused-ring (bicyclic) bond motifs is 1. The number of benzene rings is 1. The molecule has 1 heterocycles. The molecule has 0 aliphatic heterocycles. The SMILES string of the molecule is O=C1c2ccc(O)cc2CCC1Cc1c[nH]c(=S)[nH]1. The van der Waals surface area contributed by atoms with Crippen molar-refractivity contribution in [2.45, 2.75) is 19.3 Å². The molecule has 5 heteroatoms. The monoisotopic (exact) mass is 274 g/mol. The lowest BCUT2D eigenvalue weighted by atomic mass is 9.80. The highest BCUT2D eigenvalue weighted by atomic mass is 32.1. The zero-order chi connectivity index (χ0) is 13.4. The number of nitrogens with one attached hydrogen (secondary N) is 2. The van der Waals surface area contributed by atoms with Crippen LogP contribution in [0.5, 0.6) is 5.75 Å². The Labute approximate surface area is 115 Å². The van der Waals surface area contributed by atoms with E-state index in [1.165, 1.54) is 0 Å². The number of aromatic amines is 2. The van der Waals surface area contributed by atoms with Crippen molar-refractivity contribution in [2.24, 2.45) is 5.92 Å². The molecule has 1 unspecified atom stereocenters. The van der Waals surface area contributed by atoms with Crippen molar-refractivity contribution in [2.75, 3.05) is 0 Å². The summed E-state index contributed by atoms with van der Waals surface area (Å²) < 4.78 is 0.587. The maximum atomic E-state index is 12.4. The Morgan fingerprint density at radius 2 is 2.26 bits per heavy atom. The van der Waals surface area contributed by atoms with Crippen LogP contribution < -0.4 is 0 Å². The van der Waals surface area contributed by atoms with Crippen LogP contribution in [0.2, 0.25) is 0 Å². The number of hydrogen-bond acceptors (Lipinski definition) is 3. The molecule has 0 saturated carbocycles. The smallest absolute Gasteiger partial charge is 0.174 e. The number of carbonyl (C=O) groups is 1. The predicted molar refractivity (Wildman–Crippen MR) is 73.9 cm³/mol. The molecular formula is C14H14N2O2S. The molecule has 0 spiro atoms. The second kappa shape index (κ2) is 4.66. The van der Waals surface area contributed by atoms with Gasteiger partial charge in [-0.1, -0.05) is 0 Å². The van der Waals surface area contributed by atoms with E-state index in [0.29, 0.717) is 11.2 Å². The number of rotatable bonds is 2. The highest BCUT2D eigenvalue weighted by molar-refractivity contribution is 7.71. The third-order valence-corrected chi connectivity index (χ3v) is 3.83. The minimum absolute atomic E-state index is 0.0153. The predicted octanol–water partition coefficient (Wildman–Crippen LogP) is 2.77. The lowest BCUT2D eigenvalue weighted by Crippen LogP contribution is -2.24. The van der Waals surface area contributed by atoms with E-state index in [4.69, 9.17) is 12.2 Å². The Bertz CT molecular complexity index is 687. The number of H-pyrrole nitrogens is 2.